The van der Waals surface area contributed by atoms with Crippen molar-refractivity contribution in [3.8, 4) is 11.3 Å². The number of hydrogen-bond donors (Lipinski definition) is 3. The Labute approximate surface area is 182 Å². The lowest BCUT2D eigenvalue weighted by Gasteiger charge is -2.05. The van der Waals surface area contributed by atoms with Crippen molar-refractivity contribution >= 4 is 49.6 Å². The van der Waals surface area contributed by atoms with E-state index in [9.17, 15) is 4.79 Å². The predicted molar refractivity (Wildman–Crippen MR) is 130 cm³/mol. The minimum Gasteiger partial charge on any atom is -0.379 e. The second-order valence-electron chi connectivity index (χ2n) is 7.45. The number of nitrogens with one attached hydrogen (secondary N) is 2. The molecule has 0 aliphatic carbocycles. The van der Waals surface area contributed by atoms with Crippen LogP contribution in [0.25, 0.3) is 44.0 Å². The van der Waals surface area contributed by atoms with Gasteiger partial charge in [-0.2, -0.15) is 0 Å². The summed E-state index contributed by atoms with van der Waals surface area (Å²) >= 11 is 1.34. The highest BCUT2D eigenvalue weighted by Gasteiger charge is 2.15. The highest BCUT2D eigenvalue weighted by atomic mass is 32.2. The molecule has 0 bridgehead atoms. The third kappa shape index (κ3) is 3.68. The highest BCUT2D eigenvalue weighted by Crippen LogP contribution is 2.29. The van der Waals surface area contributed by atoms with Crippen LogP contribution >= 0.6 is 11.8 Å². The molecule has 0 amide bonds. The molecule has 3 aromatic carbocycles. The van der Waals surface area contributed by atoms with Gasteiger partial charge in [0.15, 0.2) is 5.17 Å². The van der Waals surface area contributed by atoms with Crippen LogP contribution in [-0.4, -0.2) is 25.5 Å². The van der Waals surface area contributed by atoms with Crippen molar-refractivity contribution in [3.63, 3.8) is 0 Å². The zero-order valence-electron chi connectivity index (χ0n) is 16.8. The van der Waals surface area contributed by atoms with Crippen LogP contribution in [0.1, 0.15) is 6.42 Å². The number of rotatable bonds is 5. The van der Waals surface area contributed by atoms with Gasteiger partial charge in [-0.3, -0.25) is 10.2 Å². The average molecular weight is 428 g/mol. The van der Waals surface area contributed by atoms with Crippen molar-refractivity contribution in [2.45, 2.75) is 13.0 Å². The summed E-state index contributed by atoms with van der Waals surface area (Å²) in [5.74, 6) is 0.777. The summed E-state index contributed by atoms with van der Waals surface area (Å²) in [4.78, 5) is 20.8. The number of fused-ring (bicyclic) bond motifs is 3. The van der Waals surface area contributed by atoms with Gasteiger partial charge in [-0.05, 0) is 35.4 Å². The lowest BCUT2D eigenvalue weighted by Crippen LogP contribution is -2.11. The first kappa shape index (κ1) is 19.4. The molecule has 154 valence electrons. The molecule has 0 aliphatic heterocycles. The molecule has 31 heavy (non-hydrogen) atoms. The smallest absolute Gasteiger partial charge is 0.275 e. The van der Waals surface area contributed by atoms with Crippen LogP contribution in [-0.2, 0) is 6.54 Å². The minimum absolute atomic E-state index is 0.137. The number of thioether (sulfide) groups is 1. The van der Waals surface area contributed by atoms with E-state index in [1.54, 1.807) is 0 Å². The summed E-state index contributed by atoms with van der Waals surface area (Å²) in [5.41, 5.74) is 9.05. The average Bonchev–Trinajstić information content (AvgIpc) is 3.13. The maximum absolute atomic E-state index is 13.0. The minimum atomic E-state index is -0.196. The lowest BCUT2D eigenvalue weighted by molar-refractivity contribution is 0.710. The molecule has 0 aliphatic rings. The van der Waals surface area contributed by atoms with E-state index >= 15 is 0 Å². The van der Waals surface area contributed by atoms with E-state index < -0.39 is 0 Å². The van der Waals surface area contributed by atoms with Gasteiger partial charge in [-0.15, -0.1) is 0 Å². The first-order valence-electron chi connectivity index (χ1n) is 10.1. The Morgan fingerprint density at radius 2 is 1.84 bits per heavy atom. The van der Waals surface area contributed by atoms with Gasteiger partial charge in [0.25, 0.3) is 5.56 Å². The molecule has 0 radical (unpaired) electrons. The van der Waals surface area contributed by atoms with Crippen molar-refractivity contribution < 1.29 is 0 Å². The third-order valence-corrected chi connectivity index (χ3v) is 6.21. The molecule has 5 rings (SSSR count). The fraction of sp³-hybridized carbons (Fsp3) is 0.125. The fourth-order valence-corrected chi connectivity index (χ4v) is 4.49. The van der Waals surface area contributed by atoms with Crippen LogP contribution in [0.15, 0.2) is 71.7 Å². The van der Waals surface area contributed by atoms with Crippen LogP contribution in [0.4, 0.5) is 0 Å². The van der Waals surface area contributed by atoms with E-state index in [1.807, 2.05) is 60.8 Å². The predicted octanol–water partition coefficient (Wildman–Crippen LogP) is 4.71. The third-order valence-electron chi connectivity index (χ3n) is 5.40. The molecular formula is C24H21N5OS. The standard InChI is InChI=1S/C24H21N5OS/c25-24(26)31-11-5-10-29-14-18(17-8-3-4-9-21(17)29)22-23(30)28-20-13-16-7-2-1-6-15(16)12-19(20)27-22/h1-4,6-9,12-14H,5,10-11H2,(H3,25,26)(H,28,30). The highest BCUT2D eigenvalue weighted by molar-refractivity contribution is 8.13. The summed E-state index contributed by atoms with van der Waals surface area (Å²) in [6.45, 7) is 0.775. The first-order valence-corrected chi connectivity index (χ1v) is 11.1. The second-order valence-corrected chi connectivity index (χ2v) is 8.59. The number of aromatic nitrogens is 3. The number of amidine groups is 1. The van der Waals surface area contributed by atoms with Crippen LogP contribution < -0.4 is 11.3 Å². The van der Waals surface area contributed by atoms with Crippen molar-refractivity contribution in [3.05, 3.63) is 77.2 Å². The van der Waals surface area contributed by atoms with Crippen molar-refractivity contribution in [1.82, 2.24) is 14.5 Å². The van der Waals surface area contributed by atoms with Crippen LogP contribution in [0.5, 0.6) is 0 Å². The topological polar surface area (TPSA) is 101 Å². The SMILES string of the molecule is N=C(N)SCCCn1cc(-c2nc3cc4ccccc4cc3[nH]c2=O)c2ccccc21. The van der Waals surface area contributed by atoms with Crippen molar-refractivity contribution in [1.29, 1.82) is 5.41 Å². The molecule has 7 heteroatoms. The molecule has 5 aromatic rings. The number of aryl methyl sites for hydroxylation is 1. The Kier molecular flexibility index (Phi) is 4.95. The molecule has 0 unspecified atom stereocenters. The number of aromatic amines is 1. The Bertz CT molecular complexity index is 1500. The van der Waals surface area contributed by atoms with Gasteiger partial charge in [0, 0.05) is 35.0 Å². The quantitative estimate of drug-likeness (QED) is 0.164. The van der Waals surface area contributed by atoms with Crippen LogP contribution in [0.2, 0.25) is 0 Å². The molecular weight excluding hydrogens is 406 g/mol. The van der Waals surface area contributed by atoms with E-state index in [0.29, 0.717) is 5.69 Å². The molecule has 0 spiro atoms. The number of hydrogen-bond acceptors (Lipinski definition) is 4. The van der Waals surface area contributed by atoms with Crippen molar-refractivity contribution in [2.24, 2.45) is 5.73 Å². The Morgan fingerprint density at radius 1 is 1.10 bits per heavy atom. The van der Waals surface area contributed by atoms with E-state index in [0.717, 1.165) is 57.0 Å². The Balaban J connectivity index is 1.61. The zero-order valence-corrected chi connectivity index (χ0v) is 17.6. The maximum atomic E-state index is 13.0. The summed E-state index contributed by atoms with van der Waals surface area (Å²) in [7, 11) is 0. The molecule has 2 aromatic heterocycles. The normalized spacial score (nSPS) is 11.5. The summed E-state index contributed by atoms with van der Waals surface area (Å²) in [6.07, 6.45) is 2.88. The van der Waals surface area contributed by atoms with Crippen molar-refractivity contribution in [2.75, 3.05) is 5.75 Å². The van der Waals surface area contributed by atoms with E-state index in [-0.39, 0.29) is 10.7 Å². The van der Waals surface area contributed by atoms with Gasteiger partial charge in [-0.1, -0.05) is 54.2 Å². The van der Waals surface area contributed by atoms with Gasteiger partial charge < -0.3 is 15.3 Å². The monoisotopic (exact) mass is 427 g/mol. The molecule has 4 N–H and O–H groups in total. The molecule has 6 nitrogen and oxygen atoms in total. The summed E-state index contributed by atoms with van der Waals surface area (Å²) in [6, 6.07) is 20.1. The Hall–Kier alpha value is -3.58. The maximum Gasteiger partial charge on any atom is 0.275 e. The van der Waals surface area contributed by atoms with Gasteiger partial charge in [0.1, 0.15) is 5.69 Å². The fourth-order valence-electron chi connectivity index (χ4n) is 3.99. The zero-order chi connectivity index (χ0) is 21.4. The summed E-state index contributed by atoms with van der Waals surface area (Å²) < 4.78 is 2.15. The van der Waals surface area contributed by atoms with E-state index in [1.165, 1.54) is 11.8 Å². The number of H-pyrrole nitrogens is 1. The molecule has 0 fully saturated rings. The number of benzene rings is 3. The molecule has 0 saturated heterocycles. The van der Waals surface area contributed by atoms with Crippen LogP contribution in [0, 0.1) is 5.41 Å². The molecule has 0 saturated carbocycles. The number of nitrogens with zero attached hydrogens (tertiary/aromatic N) is 2. The van der Waals surface area contributed by atoms with Gasteiger partial charge in [-0.25, -0.2) is 4.98 Å². The summed E-state index contributed by atoms with van der Waals surface area (Å²) in [5, 5.41) is 10.6. The number of nitrogens with two attached hydrogens (primary N) is 1. The van der Waals surface area contributed by atoms with Crippen LogP contribution in [0.3, 0.4) is 0 Å². The molecule has 0 atom stereocenters. The largest absolute Gasteiger partial charge is 0.379 e. The van der Waals surface area contributed by atoms with Gasteiger partial charge >= 0.3 is 0 Å². The lowest BCUT2D eigenvalue weighted by atomic mass is 10.1. The van der Waals surface area contributed by atoms with E-state index in [4.69, 9.17) is 16.1 Å². The van der Waals surface area contributed by atoms with Gasteiger partial charge in [0.2, 0.25) is 0 Å². The van der Waals surface area contributed by atoms with Gasteiger partial charge in [0.05, 0.1) is 11.0 Å². The number of para-hydroxylation sites is 1. The molecule has 2 heterocycles. The second kappa shape index (κ2) is 7.92. The Morgan fingerprint density at radius 3 is 2.65 bits per heavy atom. The first-order chi connectivity index (χ1) is 15.1. The van der Waals surface area contributed by atoms with E-state index in [2.05, 4.69) is 15.6 Å².